The molecular weight excluding hydrogens is 316 g/mol. The number of hydrogen-bond acceptors (Lipinski definition) is 4. The molecule has 1 saturated heterocycles. The Kier molecular flexibility index (Phi) is 15.0. The molecule has 0 aromatic rings. The quantitative estimate of drug-likeness (QED) is 0.710. The van der Waals surface area contributed by atoms with E-state index in [1.165, 1.54) is 5.57 Å². The molecule has 1 amide bonds. The van der Waals surface area contributed by atoms with E-state index in [9.17, 15) is 4.79 Å². The number of carbonyl (C=O) groups is 1. The summed E-state index contributed by atoms with van der Waals surface area (Å²) in [5.74, 6) is 0.848. The van der Waals surface area contributed by atoms with Crippen molar-refractivity contribution in [2.75, 3.05) is 26.7 Å². The molecule has 148 valence electrons. The summed E-state index contributed by atoms with van der Waals surface area (Å²) in [6.45, 7) is 18.4. The number of dihydropyridines is 1. The molecule has 2 aliphatic heterocycles. The van der Waals surface area contributed by atoms with Gasteiger partial charge in [-0.25, -0.2) is 4.79 Å². The maximum atomic E-state index is 11.4. The molecule has 0 bridgehead atoms. The molecule has 0 aliphatic carbocycles. The summed E-state index contributed by atoms with van der Waals surface area (Å²) in [6, 6.07) is 0. The minimum atomic E-state index is -0.361. The van der Waals surface area contributed by atoms with Crippen LogP contribution in [0.3, 0.4) is 0 Å². The zero-order valence-corrected chi connectivity index (χ0v) is 17.9. The van der Waals surface area contributed by atoms with Crippen LogP contribution < -0.4 is 5.32 Å². The Morgan fingerprint density at radius 3 is 1.96 bits per heavy atom. The first kappa shape index (κ1) is 25.6. The second-order valence-corrected chi connectivity index (χ2v) is 6.28. The van der Waals surface area contributed by atoms with Gasteiger partial charge in [0.1, 0.15) is 5.60 Å². The highest BCUT2D eigenvalue weighted by atomic mass is 16.6. The van der Waals surface area contributed by atoms with Crippen molar-refractivity contribution in [2.24, 2.45) is 0 Å². The molecule has 25 heavy (non-hydrogen) atoms. The van der Waals surface area contributed by atoms with Gasteiger partial charge in [0.2, 0.25) is 0 Å². The summed E-state index contributed by atoms with van der Waals surface area (Å²) in [7, 11) is 1.66. The van der Waals surface area contributed by atoms with E-state index in [4.69, 9.17) is 9.47 Å². The standard InChI is InChI=1S/C9H17NO2.C7H11NO.2C2H6/c1-9(2,3)12-8(11)10-6-4-5-7-10;1-6-3-4-7(9-2)8-5-6;2*1-2/h4-7H2,1-3H3;3-4,8H,5H2,1-2H3;2*1-2H3. The van der Waals surface area contributed by atoms with E-state index in [0.717, 1.165) is 38.4 Å². The van der Waals surface area contributed by atoms with Crippen molar-refractivity contribution in [2.45, 2.75) is 73.8 Å². The van der Waals surface area contributed by atoms with Crippen LogP contribution in [-0.2, 0) is 9.47 Å². The van der Waals surface area contributed by atoms with Crippen molar-refractivity contribution in [3.63, 3.8) is 0 Å². The lowest BCUT2D eigenvalue weighted by Crippen LogP contribution is -2.34. The number of carbonyl (C=O) groups excluding carboxylic acids is 1. The number of ether oxygens (including phenoxy) is 2. The lowest BCUT2D eigenvalue weighted by Gasteiger charge is -2.23. The number of likely N-dealkylation sites (tertiary alicyclic amines) is 1. The molecule has 0 atom stereocenters. The third-order valence-corrected chi connectivity index (χ3v) is 3.04. The van der Waals surface area contributed by atoms with Crippen molar-refractivity contribution in [1.82, 2.24) is 10.2 Å². The summed E-state index contributed by atoms with van der Waals surface area (Å²) in [5.41, 5.74) is 0.968. The highest BCUT2D eigenvalue weighted by Gasteiger charge is 2.23. The second kappa shape index (κ2) is 14.7. The Bertz CT molecular complexity index is 404. The molecule has 0 unspecified atom stereocenters. The smallest absolute Gasteiger partial charge is 0.410 e. The number of rotatable bonds is 1. The van der Waals surface area contributed by atoms with Crippen molar-refractivity contribution in [1.29, 1.82) is 0 Å². The zero-order valence-electron chi connectivity index (χ0n) is 17.9. The largest absolute Gasteiger partial charge is 0.483 e. The summed E-state index contributed by atoms with van der Waals surface area (Å²) >= 11 is 0. The van der Waals surface area contributed by atoms with Crippen molar-refractivity contribution < 1.29 is 14.3 Å². The zero-order chi connectivity index (χ0) is 19.9. The Labute approximate surface area is 155 Å². The van der Waals surface area contributed by atoms with E-state index < -0.39 is 0 Å². The minimum Gasteiger partial charge on any atom is -0.483 e. The van der Waals surface area contributed by atoms with Crippen LogP contribution >= 0.6 is 0 Å². The highest BCUT2D eigenvalue weighted by molar-refractivity contribution is 5.68. The van der Waals surface area contributed by atoms with Gasteiger partial charge in [-0.3, -0.25) is 0 Å². The van der Waals surface area contributed by atoms with Gasteiger partial charge >= 0.3 is 6.09 Å². The Hall–Kier alpha value is -1.65. The average Bonchev–Trinajstić information content (AvgIpc) is 3.13. The minimum absolute atomic E-state index is 0.167. The topological polar surface area (TPSA) is 50.8 Å². The monoisotopic (exact) mass is 356 g/mol. The van der Waals surface area contributed by atoms with Crippen LogP contribution in [0.4, 0.5) is 4.79 Å². The van der Waals surface area contributed by atoms with E-state index in [-0.39, 0.29) is 11.7 Å². The van der Waals surface area contributed by atoms with Gasteiger partial charge in [0.25, 0.3) is 0 Å². The molecule has 0 saturated carbocycles. The van der Waals surface area contributed by atoms with Gasteiger partial charge in [-0.1, -0.05) is 39.3 Å². The van der Waals surface area contributed by atoms with Gasteiger partial charge in [-0.05, 0) is 46.6 Å². The molecule has 5 nitrogen and oxygen atoms in total. The van der Waals surface area contributed by atoms with Crippen LogP contribution in [-0.4, -0.2) is 43.3 Å². The van der Waals surface area contributed by atoms with Crippen LogP contribution in [0.15, 0.2) is 23.6 Å². The first-order valence-corrected chi connectivity index (χ1v) is 9.45. The van der Waals surface area contributed by atoms with Crippen LogP contribution in [0.5, 0.6) is 0 Å². The molecule has 2 rings (SSSR count). The molecule has 2 heterocycles. The second-order valence-electron chi connectivity index (χ2n) is 6.28. The van der Waals surface area contributed by atoms with Gasteiger partial charge in [0.05, 0.1) is 7.11 Å². The third kappa shape index (κ3) is 13.3. The van der Waals surface area contributed by atoms with E-state index in [1.54, 1.807) is 12.0 Å². The number of allylic oxidation sites excluding steroid dienone is 2. The molecule has 0 radical (unpaired) electrons. The van der Waals surface area contributed by atoms with Gasteiger partial charge in [-0.15, -0.1) is 0 Å². The van der Waals surface area contributed by atoms with Gasteiger partial charge in [0, 0.05) is 19.6 Å². The van der Waals surface area contributed by atoms with Crippen LogP contribution in [0.1, 0.15) is 68.2 Å². The van der Waals surface area contributed by atoms with Crippen LogP contribution in [0, 0.1) is 0 Å². The van der Waals surface area contributed by atoms with E-state index in [0.29, 0.717) is 0 Å². The number of nitrogens with zero attached hydrogens (tertiary/aromatic N) is 1. The highest BCUT2D eigenvalue weighted by Crippen LogP contribution is 2.14. The Morgan fingerprint density at radius 1 is 1.08 bits per heavy atom. The summed E-state index contributed by atoms with van der Waals surface area (Å²) in [6.07, 6.45) is 6.03. The fourth-order valence-corrected chi connectivity index (χ4v) is 1.93. The van der Waals surface area contributed by atoms with Crippen LogP contribution in [0.2, 0.25) is 0 Å². The predicted octanol–water partition coefficient (Wildman–Crippen LogP) is 5.09. The molecular formula is C20H40N2O3. The van der Waals surface area contributed by atoms with E-state index in [1.807, 2.05) is 54.5 Å². The predicted molar refractivity (Wildman–Crippen MR) is 107 cm³/mol. The molecule has 1 fully saturated rings. The molecule has 0 aromatic heterocycles. The molecule has 0 aromatic carbocycles. The average molecular weight is 357 g/mol. The maximum Gasteiger partial charge on any atom is 0.410 e. The summed E-state index contributed by atoms with van der Waals surface area (Å²) < 4.78 is 10.2. The van der Waals surface area contributed by atoms with E-state index in [2.05, 4.69) is 18.3 Å². The van der Waals surface area contributed by atoms with Crippen LogP contribution in [0.25, 0.3) is 0 Å². The third-order valence-electron chi connectivity index (χ3n) is 3.04. The number of methoxy groups -OCH3 is 1. The first-order valence-electron chi connectivity index (χ1n) is 9.45. The fraction of sp³-hybridized carbons (Fsp3) is 0.750. The van der Waals surface area contributed by atoms with Crippen molar-refractivity contribution in [3.05, 3.63) is 23.6 Å². The Morgan fingerprint density at radius 2 is 1.60 bits per heavy atom. The fourth-order valence-electron chi connectivity index (χ4n) is 1.93. The number of amides is 1. The normalized spacial score (nSPS) is 15.5. The molecule has 0 spiro atoms. The summed E-state index contributed by atoms with van der Waals surface area (Å²) in [4.78, 5) is 13.1. The van der Waals surface area contributed by atoms with Crippen molar-refractivity contribution >= 4 is 6.09 Å². The van der Waals surface area contributed by atoms with Gasteiger partial charge in [0.15, 0.2) is 5.88 Å². The molecule has 1 N–H and O–H groups in total. The first-order chi connectivity index (χ1) is 11.8. The van der Waals surface area contributed by atoms with Gasteiger partial charge < -0.3 is 19.7 Å². The SMILES string of the molecule is CC.CC.CC(C)(C)OC(=O)N1CCCC1.COC1=CC=C(C)CN1. The maximum absolute atomic E-state index is 11.4. The van der Waals surface area contributed by atoms with E-state index >= 15 is 0 Å². The van der Waals surface area contributed by atoms with Gasteiger partial charge in [-0.2, -0.15) is 0 Å². The number of hydrogen-bond donors (Lipinski definition) is 1. The summed E-state index contributed by atoms with van der Waals surface area (Å²) in [5, 5.41) is 3.09. The molecule has 2 aliphatic rings. The lowest BCUT2D eigenvalue weighted by atomic mass is 10.2. The Balaban J connectivity index is 0. The molecule has 5 heteroatoms. The van der Waals surface area contributed by atoms with Crippen molar-refractivity contribution in [3.8, 4) is 0 Å². The lowest BCUT2D eigenvalue weighted by molar-refractivity contribution is 0.0295. The number of nitrogens with one attached hydrogen (secondary N) is 1.